The van der Waals surface area contributed by atoms with E-state index < -0.39 is 0 Å². The number of hydrogen-bond acceptors (Lipinski definition) is 0. The van der Waals surface area contributed by atoms with Gasteiger partial charge >= 0.3 is 0 Å². The summed E-state index contributed by atoms with van der Waals surface area (Å²) < 4.78 is 1.84. The quantitative estimate of drug-likeness (QED) is 0.420. The van der Waals surface area contributed by atoms with Crippen LogP contribution in [0.2, 0.25) is 0 Å². The van der Waals surface area contributed by atoms with Gasteiger partial charge in [-0.3, -0.25) is 0 Å². The molecule has 2 aromatic rings. The highest BCUT2D eigenvalue weighted by atomic mass is 79.9. The Bertz CT molecular complexity index is 577. The van der Waals surface area contributed by atoms with E-state index in [1.165, 1.54) is 10.8 Å². The lowest BCUT2D eigenvalue weighted by atomic mass is 10.0. The van der Waals surface area contributed by atoms with Gasteiger partial charge in [0.15, 0.2) is 0 Å². The molecule has 0 aliphatic heterocycles. The fourth-order valence-electron chi connectivity index (χ4n) is 1.76. The molecule has 0 aliphatic carbocycles. The van der Waals surface area contributed by atoms with Gasteiger partial charge in [0, 0.05) is 0 Å². The van der Waals surface area contributed by atoms with Crippen molar-refractivity contribution in [3.63, 3.8) is 0 Å². The predicted octanol–water partition coefficient (Wildman–Crippen LogP) is 7.02. The first kappa shape index (κ1) is 14.5. The molecule has 0 unspecified atom stereocenters. The van der Waals surface area contributed by atoms with Crippen molar-refractivity contribution >= 4 is 86.6 Å². The first-order valence-electron chi connectivity index (χ1n) is 5.14. The third-order valence-electron chi connectivity index (χ3n) is 2.48. The van der Waals surface area contributed by atoms with Gasteiger partial charge in [-0.05, 0) is 110 Å². The van der Waals surface area contributed by atoms with E-state index in [4.69, 9.17) is 0 Å². The summed E-state index contributed by atoms with van der Waals surface area (Å²) in [7, 11) is 0. The van der Waals surface area contributed by atoms with Crippen LogP contribution in [0.15, 0.2) is 43.2 Å². The van der Waals surface area contributed by atoms with E-state index in [-0.39, 0.29) is 0 Å². The van der Waals surface area contributed by atoms with Crippen molar-refractivity contribution in [2.45, 2.75) is 0 Å². The molecule has 0 atom stereocenters. The summed E-state index contributed by atoms with van der Waals surface area (Å²) >= 11 is 13.6. The van der Waals surface area contributed by atoms with Crippen LogP contribution in [-0.2, 0) is 0 Å². The van der Waals surface area contributed by atoms with Crippen LogP contribution in [0.1, 0.15) is 11.1 Å². The summed E-state index contributed by atoms with van der Waals surface area (Å²) in [6.07, 6.45) is 4.09. The van der Waals surface area contributed by atoms with Gasteiger partial charge in [-0.2, -0.15) is 0 Å². The zero-order chi connectivity index (χ0) is 13.1. The maximum Gasteiger partial charge on any atom is 0.0610 e. The first-order valence-corrected chi connectivity index (χ1v) is 8.31. The van der Waals surface area contributed by atoms with E-state index in [0.29, 0.717) is 0 Å². The number of benzene rings is 2. The molecule has 0 radical (unpaired) electrons. The summed E-state index contributed by atoms with van der Waals surface area (Å²) in [5.74, 6) is 0. The lowest BCUT2D eigenvalue weighted by molar-refractivity contribution is 1.66. The highest BCUT2D eigenvalue weighted by molar-refractivity contribution is 9.28. The van der Waals surface area contributed by atoms with Crippen LogP contribution in [0.5, 0.6) is 0 Å². The fraction of sp³-hybridized carbons (Fsp3) is 0. The molecule has 2 aromatic carbocycles. The van der Waals surface area contributed by atoms with Gasteiger partial charge in [-0.15, -0.1) is 0 Å². The molecular weight excluding hydrogens is 488 g/mol. The fourth-order valence-corrected chi connectivity index (χ4v) is 2.75. The monoisotopic (exact) mass is 492 g/mol. The molecule has 0 amide bonds. The lowest BCUT2D eigenvalue weighted by Gasteiger charge is -2.05. The molecule has 18 heavy (non-hydrogen) atoms. The van der Waals surface area contributed by atoms with Crippen LogP contribution < -0.4 is 0 Å². The summed E-state index contributed by atoms with van der Waals surface area (Å²) in [6.45, 7) is 0. The Kier molecular flexibility index (Phi) is 5.24. The highest BCUT2D eigenvalue weighted by Gasteiger charge is 2.02. The normalized spacial score (nSPS) is 10.2. The van der Waals surface area contributed by atoms with Crippen molar-refractivity contribution in [3.05, 3.63) is 54.3 Å². The number of hydrogen-bond donors (Lipinski definition) is 0. The van der Waals surface area contributed by atoms with Gasteiger partial charge in [0.05, 0.1) is 6.78 Å². The Balaban J connectivity index is 2.71. The van der Waals surface area contributed by atoms with Crippen LogP contribution in [0.3, 0.4) is 0 Å². The molecule has 0 saturated heterocycles. The van der Waals surface area contributed by atoms with Crippen molar-refractivity contribution in [2.24, 2.45) is 0 Å². The molecule has 0 N–H and O–H groups in total. The molecular formula is C14H8Br4. The Morgan fingerprint density at radius 3 is 1.44 bits per heavy atom. The van der Waals surface area contributed by atoms with Gasteiger partial charge in [0.2, 0.25) is 0 Å². The molecule has 0 heterocycles. The average molecular weight is 496 g/mol. The second-order valence-corrected chi connectivity index (χ2v) is 9.24. The zero-order valence-electron chi connectivity index (χ0n) is 9.13. The maximum absolute atomic E-state index is 3.41. The van der Waals surface area contributed by atoms with Crippen molar-refractivity contribution in [1.82, 2.24) is 0 Å². The summed E-state index contributed by atoms with van der Waals surface area (Å²) in [5.41, 5.74) is 2.29. The van der Waals surface area contributed by atoms with Gasteiger partial charge in [-0.1, -0.05) is 24.3 Å². The Morgan fingerprint density at radius 2 is 1.11 bits per heavy atom. The second kappa shape index (κ2) is 6.51. The second-order valence-electron chi connectivity index (χ2n) is 3.70. The first-order chi connectivity index (χ1) is 8.56. The van der Waals surface area contributed by atoms with Crippen LogP contribution in [0.25, 0.3) is 22.9 Å². The van der Waals surface area contributed by atoms with Crippen molar-refractivity contribution in [3.8, 4) is 0 Å². The molecule has 0 aliphatic rings. The van der Waals surface area contributed by atoms with Crippen LogP contribution >= 0.6 is 63.7 Å². The predicted molar refractivity (Wildman–Crippen MR) is 95.6 cm³/mol. The number of rotatable bonds is 2. The van der Waals surface area contributed by atoms with Crippen molar-refractivity contribution < 1.29 is 0 Å². The molecule has 0 spiro atoms. The van der Waals surface area contributed by atoms with Crippen LogP contribution in [-0.4, -0.2) is 0 Å². The van der Waals surface area contributed by atoms with Gasteiger partial charge in [0.25, 0.3) is 0 Å². The Morgan fingerprint density at radius 1 is 0.722 bits per heavy atom. The molecule has 0 saturated carbocycles. The SMILES string of the molecule is BrC(Br)=Cc1cc2ccccc2cc1C=C(Br)Br. The zero-order valence-corrected chi connectivity index (χ0v) is 15.5. The van der Waals surface area contributed by atoms with Gasteiger partial charge in [0.1, 0.15) is 0 Å². The standard InChI is InChI=1S/C14H8Br4/c15-13(16)7-11-5-9-3-1-2-4-10(9)6-12(11)8-14(17)18/h1-8H. The average Bonchev–Trinajstić information content (AvgIpc) is 2.28. The Labute approximate surface area is 140 Å². The van der Waals surface area contributed by atoms with E-state index in [1.807, 2.05) is 12.2 Å². The summed E-state index contributed by atoms with van der Waals surface area (Å²) in [6, 6.07) is 12.7. The minimum absolute atomic E-state index is 0.922. The maximum atomic E-state index is 3.41. The molecule has 0 nitrogen and oxygen atoms in total. The Hall–Kier alpha value is 0.1000. The third-order valence-corrected chi connectivity index (χ3v) is 3.40. The van der Waals surface area contributed by atoms with E-state index >= 15 is 0 Å². The lowest BCUT2D eigenvalue weighted by Crippen LogP contribution is -1.83. The van der Waals surface area contributed by atoms with Crippen LogP contribution in [0, 0.1) is 0 Å². The van der Waals surface area contributed by atoms with Crippen LogP contribution in [0.4, 0.5) is 0 Å². The van der Waals surface area contributed by atoms with Gasteiger partial charge in [-0.25, -0.2) is 0 Å². The topological polar surface area (TPSA) is 0 Å². The third kappa shape index (κ3) is 3.80. The van der Waals surface area contributed by atoms with E-state index in [1.54, 1.807) is 0 Å². The molecule has 92 valence electrons. The van der Waals surface area contributed by atoms with E-state index in [9.17, 15) is 0 Å². The molecule has 0 bridgehead atoms. The highest BCUT2D eigenvalue weighted by Crippen LogP contribution is 2.28. The molecule has 0 aromatic heterocycles. The number of halogens is 4. The van der Waals surface area contributed by atoms with Crippen molar-refractivity contribution in [2.75, 3.05) is 0 Å². The largest absolute Gasteiger partial charge is 0.0616 e. The van der Waals surface area contributed by atoms with Crippen molar-refractivity contribution in [1.29, 1.82) is 0 Å². The molecule has 4 heteroatoms. The van der Waals surface area contributed by atoms with E-state index in [0.717, 1.165) is 17.9 Å². The molecule has 2 rings (SSSR count). The minimum Gasteiger partial charge on any atom is -0.0616 e. The summed E-state index contributed by atoms with van der Waals surface area (Å²) in [4.78, 5) is 0. The summed E-state index contributed by atoms with van der Waals surface area (Å²) in [5, 5.41) is 2.46. The van der Waals surface area contributed by atoms with Gasteiger partial charge < -0.3 is 0 Å². The number of fused-ring (bicyclic) bond motifs is 1. The molecule has 0 fully saturated rings. The van der Waals surface area contributed by atoms with E-state index in [2.05, 4.69) is 100 Å². The smallest absolute Gasteiger partial charge is 0.0610 e. The minimum atomic E-state index is 0.922.